The maximum absolute atomic E-state index is 9.43. The third-order valence-corrected chi connectivity index (χ3v) is 3.05. The van der Waals surface area contributed by atoms with Gasteiger partial charge in [-0.1, -0.05) is 31.5 Å². The van der Waals surface area contributed by atoms with Gasteiger partial charge in [-0.15, -0.1) is 0 Å². The van der Waals surface area contributed by atoms with Crippen LogP contribution in [0.1, 0.15) is 32.3 Å². The summed E-state index contributed by atoms with van der Waals surface area (Å²) in [6, 6.07) is 7.94. The Hall–Kier alpha value is -1.06. The number of nitrogens with one attached hydrogen (secondary N) is 1. The number of methoxy groups -OCH3 is 1. The van der Waals surface area contributed by atoms with Gasteiger partial charge in [0, 0.05) is 17.6 Å². The summed E-state index contributed by atoms with van der Waals surface area (Å²) in [7, 11) is 1.68. The number of rotatable bonds is 7. The van der Waals surface area contributed by atoms with Gasteiger partial charge in [0.1, 0.15) is 5.75 Å². The number of benzene rings is 1. The van der Waals surface area contributed by atoms with Crippen LogP contribution in [0, 0.1) is 0 Å². The van der Waals surface area contributed by atoms with E-state index in [2.05, 4.69) is 12.2 Å². The predicted octanol–water partition coefficient (Wildman–Crippen LogP) is 2.34. The lowest BCUT2D eigenvalue weighted by atomic mass is 9.97. The summed E-state index contributed by atoms with van der Waals surface area (Å²) in [6.07, 6.45) is 2.01. The lowest BCUT2D eigenvalue weighted by Crippen LogP contribution is -2.45. The fraction of sp³-hybridized carbons (Fsp3) is 0.571. The second-order valence-corrected chi connectivity index (χ2v) is 4.63. The monoisotopic (exact) mass is 237 g/mol. The van der Waals surface area contributed by atoms with Crippen molar-refractivity contribution in [1.82, 2.24) is 5.32 Å². The predicted molar refractivity (Wildman–Crippen MR) is 70.2 cm³/mol. The topological polar surface area (TPSA) is 41.5 Å². The molecule has 0 aliphatic heterocycles. The molecule has 3 nitrogen and oxygen atoms in total. The molecular weight excluding hydrogens is 214 g/mol. The number of aliphatic hydroxyl groups is 1. The highest BCUT2D eigenvalue weighted by Crippen LogP contribution is 2.19. The molecule has 0 saturated carbocycles. The van der Waals surface area contributed by atoms with Gasteiger partial charge in [-0.25, -0.2) is 0 Å². The highest BCUT2D eigenvalue weighted by molar-refractivity contribution is 5.33. The molecule has 0 aromatic heterocycles. The summed E-state index contributed by atoms with van der Waals surface area (Å²) >= 11 is 0. The van der Waals surface area contributed by atoms with Gasteiger partial charge < -0.3 is 15.2 Å². The zero-order valence-electron chi connectivity index (χ0n) is 11.0. The van der Waals surface area contributed by atoms with Gasteiger partial charge in [-0.3, -0.25) is 0 Å². The van der Waals surface area contributed by atoms with Crippen molar-refractivity contribution in [1.29, 1.82) is 0 Å². The summed E-state index contributed by atoms with van der Waals surface area (Å²) in [5, 5.41) is 12.8. The minimum atomic E-state index is -0.213. The Morgan fingerprint density at radius 2 is 2.06 bits per heavy atom. The fourth-order valence-corrected chi connectivity index (χ4v) is 1.93. The largest absolute Gasteiger partial charge is 0.496 e. The molecule has 96 valence electrons. The molecule has 0 aliphatic rings. The van der Waals surface area contributed by atoms with Crippen LogP contribution >= 0.6 is 0 Å². The Morgan fingerprint density at radius 3 is 2.65 bits per heavy atom. The number of para-hydroxylation sites is 1. The first-order valence-corrected chi connectivity index (χ1v) is 6.13. The van der Waals surface area contributed by atoms with Crippen molar-refractivity contribution in [3.05, 3.63) is 29.8 Å². The summed E-state index contributed by atoms with van der Waals surface area (Å²) in [5.74, 6) is 0.886. The van der Waals surface area contributed by atoms with Crippen LogP contribution in [0.15, 0.2) is 24.3 Å². The Morgan fingerprint density at radius 1 is 1.35 bits per heavy atom. The molecule has 0 heterocycles. The number of aliphatic hydroxyl groups excluding tert-OH is 1. The maximum Gasteiger partial charge on any atom is 0.123 e. The van der Waals surface area contributed by atoms with Gasteiger partial charge in [-0.05, 0) is 19.4 Å². The number of hydrogen-bond acceptors (Lipinski definition) is 3. The molecule has 3 heteroatoms. The molecule has 2 N–H and O–H groups in total. The van der Waals surface area contributed by atoms with Crippen molar-refractivity contribution in [3.63, 3.8) is 0 Å². The van der Waals surface area contributed by atoms with Crippen LogP contribution in [0.2, 0.25) is 0 Å². The van der Waals surface area contributed by atoms with Crippen LogP contribution in [0.25, 0.3) is 0 Å². The molecule has 1 aromatic rings. The van der Waals surface area contributed by atoms with Crippen LogP contribution in [0.5, 0.6) is 5.75 Å². The molecule has 0 amide bonds. The lowest BCUT2D eigenvalue weighted by Gasteiger charge is -2.28. The van der Waals surface area contributed by atoms with E-state index in [4.69, 9.17) is 4.74 Å². The zero-order valence-corrected chi connectivity index (χ0v) is 11.0. The summed E-state index contributed by atoms with van der Waals surface area (Å²) in [6.45, 7) is 5.03. The minimum Gasteiger partial charge on any atom is -0.496 e. The summed E-state index contributed by atoms with van der Waals surface area (Å²) < 4.78 is 5.30. The van der Waals surface area contributed by atoms with Gasteiger partial charge in [0.05, 0.1) is 13.7 Å². The van der Waals surface area contributed by atoms with Crippen LogP contribution in [0.4, 0.5) is 0 Å². The third-order valence-electron chi connectivity index (χ3n) is 3.05. The van der Waals surface area contributed by atoms with Crippen LogP contribution < -0.4 is 10.1 Å². The van der Waals surface area contributed by atoms with E-state index in [9.17, 15) is 5.11 Å². The van der Waals surface area contributed by atoms with E-state index in [1.807, 2.05) is 31.2 Å². The molecule has 1 aromatic carbocycles. The summed E-state index contributed by atoms with van der Waals surface area (Å²) in [5.41, 5.74) is 0.904. The molecule has 1 unspecified atom stereocenters. The van der Waals surface area contributed by atoms with E-state index in [0.29, 0.717) is 6.54 Å². The number of hydrogen-bond donors (Lipinski definition) is 2. The molecule has 0 radical (unpaired) electrons. The van der Waals surface area contributed by atoms with E-state index in [0.717, 1.165) is 24.2 Å². The van der Waals surface area contributed by atoms with Gasteiger partial charge >= 0.3 is 0 Å². The minimum absolute atomic E-state index is 0.149. The van der Waals surface area contributed by atoms with Crippen LogP contribution in [-0.2, 0) is 6.54 Å². The van der Waals surface area contributed by atoms with E-state index in [1.54, 1.807) is 7.11 Å². The normalized spacial score (nSPS) is 14.4. The van der Waals surface area contributed by atoms with Crippen LogP contribution in [-0.4, -0.2) is 24.4 Å². The van der Waals surface area contributed by atoms with E-state index in [1.165, 1.54) is 0 Å². The second-order valence-electron chi connectivity index (χ2n) is 4.63. The van der Waals surface area contributed by atoms with Crippen LogP contribution in [0.3, 0.4) is 0 Å². The van der Waals surface area contributed by atoms with Gasteiger partial charge in [0.2, 0.25) is 0 Å². The average molecular weight is 237 g/mol. The van der Waals surface area contributed by atoms with E-state index < -0.39 is 0 Å². The van der Waals surface area contributed by atoms with Crippen molar-refractivity contribution >= 4 is 0 Å². The second kappa shape index (κ2) is 6.62. The van der Waals surface area contributed by atoms with E-state index >= 15 is 0 Å². The highest BCUT2D eigenvalue weighted by atomic mass is 16.5. The standard InChI is InChI=1S/C14H23NO2/c1-4-9-14(2,11-16)15-10-12-7-5-6-8-13(12)17-3/h5-8,15-16H,4,9-11H2,1-3H3. The highest BCUT2D eigenvalue weighted by Gasteiger charge is 2.21. The Balaban J connectivity index is 2.65. The quantitative estimate of drug-likeness (QED) is 0.765. The van der Waals surface area contributed by atoms with Crippen molar-refractivity contribution in [3.8, 4) is 5.75 Å². The van der Waals surface area contributed by atoms with Gasteiger partial charge in [0.25, 0.3) is 0 Å². The smallest absolute Gasteiger partial charge is 0.123 e. The first kappa shape index (κ1) is 14.0. The first-order chi connectivity index (χ1) is 8.15. The van der Waals surface area contributed by atoms with Gasteiger partial charge in [0.15, 0.2) is 0 Å². The molecule has 0 bridgehead atoms. The molecule has 17 heavy (non-hydrogen) atoms. The lowest BCUT2D eigenvalue weighted by molar-refractivity contribution is 0.163. The average Bonchev–Trinajstić information content (AvgIpc) is 2.37. The first-order valence-electron chi connectivity index (χ1n) is 6.13. The zero-order chi connectivity index (χ0) is 12.7. The third kappa shape index (κ3) is 4.02. The van der Waals surface area contributed by atoms with Gasteiger partial charge in [-0.2, -0.15) is 0 Å². The molecule has 0 fully saturated rings. The van der Waals surface area contributed by atoms with Crippen molar-refractivity contribution in [2.45, 2.75) is 38.8 Å². The molecule has 1 rings (SSSR count). The maximum atomic E-state index is 9.43. The summed E-state index contributed by atoms with van der Waals surface area (Å²) in [4.78, 5) is 0. The molecular formula is C14H23NO2. The molecule has 1 atom stereocenters. The number of ether oxygens (including phenoxy) is 1. The van der Waals surface area contributed by atoms with E-state index in [-0.39, 0.29) is 12.1 Å². The van der Waals surface area contributed by atoms with Crippen molar-refractivity contribution in [2.75, 3.05) is 13.7 Å². The molecule has 0 spiro atoms. The molecule has 0 saturated heterocycles. The van der Waals surface area contributed by atoms with Crippen molar-refractivity contribution < 1.29 is 9.84 Å². The molecule has 0 aliphatic carbocycles. The SMILES string of the molecule is CCCC(C)(CO)NCc1ccccc1OC. The Labute approximate surface area is 104 Å². The Kier molecular flexibility index (Phi) is 5.45. The van der Waals surface area contributed by atoms with Crippen molar-refractivity contribution in [2.24, 2.45) is 0 Å². The fourth-order valence-electron chi connectivity index (χ4n) is 1.93. The Bertz CT molecular complexity index is 341.